The van der Waals surface area contributed by atoms with Gasteiger partial charge in [0.05, 0.1) is 11.0 Å². The van der Waals surface area contributed by atoms with E-state index in [2.05, 4.69) is 0 Å². The van der Waals surface area contributed by atoms with E-state index < -0.39 is 10.1 Å². The highest BCUT2D eigenvalue weighted by molar-refractivity contribution is 7.86. The number of aryl methyl sites for hydroxylation is 1. The summed E-state index contributed by atoms with van der Waals surface area (Å²) in [5, 5.41) is 0. The summed E-state index contributed by atoms with van der Waals surface area (Å²) in [6.45, 7) is 1.95. The molecule has 0 spiro atoms. The van der Waals surface area contributed by atoms with E-state index >= 15 is 0 Å². The van der Waals surface area contributed by atoms with Crippen molar-refractivity contribution in [3.8, 4) is 0 Å². The molecule has 6 fully saturated rings. The van der Waals surface area contributed by atoms with E-state index in [1.807, 2.05) is 19.1 Å². The summed E-state index contributed by atoms with van der Waals surface area (Å²) >= 11 is 0. The SMILES string of the molecule is Cc1ccc(S(=O)(=O)O[C@H]2[C@H]3C[C@H]4C(=O)[C@H]5[C@H]6C[C@H]7[C@H]([C@@H]3[C@@H]4[C@H]75)[C@@H]62)cc1. The van der Waals surface area contributed by atoms with Gasteiger partial charge in [-0.3, -0.25) is 8.98 Å². The molecule has 4 nitrogen and oxygen atoms in total. The van der Waals surface area contributed by atoms with E-state index in [9.17, 15) is 13.2 Å². The van der Waals surface area contributed by atoms with Crippen LogP contribution in [0.4, 0.5) is 0 Å². The summed E-state index contributed by atoms with van der Waals surface area (Å²) in [5.41, 5.74) is 1.04. The maximum atomic E-state index is 13.0. The van der Waals surface area contributed by atoms with Gasteiger partial charge in [0.1, 0.15) is 5.78 Å². The van der Waals surface area contributed by atoms with Crippen LogP contribution in [0.25, 0.3) is 0 Å². The second-order valence-electron chi connectivity index (χ2n) is 9.71. The second kappa shape index (κ2) is 4.27. The number of rotatable bonds is 3. The minimum absolute atomic E-state index is 0.198. The van der Waals surface area contributed by atoms with E-state index in [0.29, 0.717) is 47.2 Å². The summed E-state index contributed by atoms with van der Waals surface area (Å²) in [6.07, 6.45) is 1.82. The lowest BCUT2D eigenvalue weighted by molar-refractivity contribution is -0.128. The van der Waals surface area contributed by atoms with Crippen molar-refractivity contribution in [3.63, 3.8) is 0 Å². The second-order valence-corrected chi connectivity index (χ2v) is 11.3. The maximum Gasteiger partial charge on any atom is 0.297 e. The summed E-state index contributed by atoms with van der Waals surface area (Å²) < 4.78 is 31.9. The Bertz CT molecular complexity index is 951. The van der Waals surface area contributed by atoms with Gasteiger partial charge in [0.25, 0.3) is 10.1 Å². The third-order valence-corrected chi connectivity index (χ3v) is 10.5. The van der Waals surface area contributed by atoms with Crippen molar-refractivity contribution in [3.05, 3.63) is 29.8 Å². The maximum absolute atomic E-state index is 13.0. The molecule has 0 aromatic heterocycles. The predicted molar refractivity (Wildman–Crippen MR) is 92.4 cm³/mol. The molecule has 136 valence electrons. The lowest BCUT2D eigenvalue weighted by Gasteiger charge is -2.35. The van der Waals surface area contributed by atoms with Crippen molar-refractivity contribution in [2.45, 2.75) is 30.8 Å². The zero-order chi connectivity index (χ0) is 17.5. The van der Waals surface area contributed by atoms with Crippen LogP contribution in [0.5, 0.6) is 0 Å². The Morgan fingerprint density at radius 2 is 1.62 bits per heavy atom. The molecule has 0 aliphatic heterocycles. The fraction of sp³-hybridized carbons (Fsp3) is 0.667. The minimum Gasteiger partial charge on any atom is -0.299 e. The fourth-order valence-corrected chi connectivity index (χ4v) is 10.1. The lowest BCUT2D eigenvalue weighted by atomic mass is 9.72. The van der Waals surface area contributed by atoms with E-state index in [1.165, 1.54) is 0 Å². The highest BCUT2D eigenvalue weighted by Gasteiger charge is 2.82. The van der Waals surface area contributed by atoms with Gasteiger partial charge in [-0.05, 0) is 79.2 Å². The van der Waals surface area contributed by atoms with Gasteiger partial charge in [0, 0.05) is 11.8 Å². The Morgan fingerprint density at radius 3 is 2.38 bits per heavy atom. The van der Waals surface area contributed by atoms with Gasteiger partial charge in [0.15, 0.2) is 0 Å². The summed E-state index contributed by atoms with van der Waals surface area (Å²) in [7, 11) is -3.75. The number of carbonyl (C=O) groups is 1. The molecular weight excluding hydrogens is 348 g/mol. The monoisotopic (exact) mass is 370 g/mol. The number of hydrogen-bond donors (Lipinski definition) is 0. The molecule has 0 unspecified atom stereocenters. The average molecular weight is 370 g/mol. The van der Waals surface area contributed by atoms with Gasteiger partial charge in [-0.2, -0.15) is 8.42 Å². The molecule has 1 aromatic rings. The molecule has 0 heterocycles. The number of hydrogen-bond acceptors (Lipinski definition) is 4. The van der Waals surface area contributed by atoms with Crippen LogP contribution in [0.3, 0.4) is 0 Å². The van der Waals surface area contributed by atoms with Crippen molar-refractivity contribution in [1.29, 1.82) is 0 Å². The number of ketones is 1. The van der Waals surface area contributed by atoms with Crippen LogP contribution in [0.2, 0.25) is 0 Å². The van der Waals surface area contributed by atoms with Crippen LogP contribution < -0.4 is 0 Å². The number of carbonyl (C=O) groups excluding carboxylic acids is 1. The third kappa shape index (κ3) is 1.41. The van der Waals surface area contributed by atoms with E-state index in [4.69, 9.17) is 4.18 Å². The molecule has 26 heavy (non-hydrogen) atoms. The molecule has 0 saturated heterocycles. The Kier molecular flexibility index (Phi) is 2.43. The van der Waals surface area contributed by atoms with Crippen molar-refractivity contribution < 1.29 is 17.4 Å². The first-order valence-electron chi connectivity index (χ1n) is 10.0. The third-order valence-electron chi connectivity index (χ3n) is 9.21. The number of benzene rings is 1. The molecule has 6 saturated carbocycles. The van der Waals surface area contributed by atoms with E-state index in [1.54, 1.807) is 12.1 Å². The molecule has 6 aliphatic rings. The largest absolute Gasteiger partial charge is 0.299 e. The zero-order valence-electron chi connectivity index (χ0n) is 14.6. The van der Waals surface area contributed by atoms with E-state index in [-0.39, 0.29) is 28.8 Å². The van der Waals surface area contributed by atoms with Crippen LogP contribution in [0.15, 0.2) is 29.2 Å². The van der Waals surface area contributed by atoms with E-state index in [0.717, 1.165) is 18.4 Å². The van der Waals surface area contributed by atoms with Crippen molar-refractivity contribution >= 4 is 15.9 Å². The highest BCUT2D eigenvalue weighted by Crippen LogP contribution is 2.82. The zero-order valence-corrected chi connectivity index (χ0v) is 15.4. The quantitative estimate of drug-likeness (QED) is 0.768. The van der Waals surface area contributed by atoms with Crippen LogP contribution in [-0.2, 0) is 19.1 Å². The number of fused-ring (bicyclic) bond motifs is 3. The average Bonchev–Trinajstić information content (AvgIpc) is 3.35. The van der Waals surface area contributed by atoms with Crippen molar-refractivity contribution in [2.75, 3.05) is 0 Å². The van der Waals surface area contributed by atoms with Gasteiger partial charge < -0.3 is 0 Å². The first-order chi connectivity index (χ1) is 12.5. The summed E-state index contributed by atoms with van der Waals surface area (Å²) in [6, 6.07) is 6.94. The van der Waals surface area contributed by atoms with Crippen molar-refractivity contribution in [2.24, 2.45) is 59.2 Å². The molecule has 1 aromatic carbocycles. The molecule has 6 aliphatic carbocycles. The molecule has 5 heteroatoms. The van der Waals surface area contributed by atoms with Gasteiger partial charge in [-0.1, -0.05) is 17.7 Å². The minimum atomic E-state index is -3.75. The normalized spacial score (nSPS) is 54.2. The molecule has 11 atom stereocenters. The molecule has 0 radical (unpaired) electrons. The lowest BCUT2D eigenvalue weighted by Crippen LogP contribution is -2.41. The first kappa shape index (κ1) is 14.8. The predicted octanol–water partition coefficient (Wildman–Crippen LogP) is 2.66. The molecule has 2 bridgehead atoms. The topological polar surface area (TPSA) is 60.4 Å². The van der Waals surface area contributed by atoms with Gasteiger partial charge in [-0.15, -0.1) is 0 Å². The smallest absolute Gasteiger partial charge is 0.297 e. The van der Waals surface area contributed by atoms with Crippen molar-refractivity contribution in [1.82, 2.24) is 0 Å². The Labute approximate surface area is 153 Å². The van der Waals surface area contributed by atoms with Gasteiger partial charge in [-0.25, -0.2) is 0 Å². The molecule has 0 amide bonds. The number of Topliss-reactive ketones (excluding diaryl/α,β-unsaturated/α-hetero) is 1. The van der Waals surface area contributed by atoms with Crippen LogP contribution in [-0.4, -0.2) is 20.3 Å². The highest BCUT2D eigenvalue weighted by atomic mass is 32.2. The van der Waals surface area contributed by atoms with Crippen LogP contribution in [0, 0.1) is 66.1 Å². The van der Waals surface area contributed by atoms with Crippen LogP contribution >= 0.6 is 0 Å². The molecule has 7 rings (SSSR count). The fourth-order valence-electron chi connectivity index (χ4n) is 8.94. The Hall–Kier alpha value is -1.20. The van der Waals surface area contributed by atoms with Crippen LogP contribution in [0.1, 0.15) is 18.4 Å². The first-order valence-corrected chi connectivity index (χ1v) is 11.4. The summed E-state index contributed by atoms with van der Waals surface area (Å²) in [5.74, 6) is 5.01. The Morgan fingerprint density at radius 1 is 0.885 bits per heavy atom. The molecule has 0 N–H and O–H groups in total. The Balaban J connectivity index is 1.30. The summed E-state index contributed by atoms with van der Waals surface area (Å²) in [4.78, 5) is 13.2. The standard InChI is InChI=1S/C21H22O4S/c1-8-2-4-9(5-3-8)26(23,24)25-21-13-7-12-16-14-10-6-11(18(14)20(12)22)19(21)15(10)17(13)16/h2-5,10-19,21H,6-7H2,1H3/t10-,11-,12-,13+,14+,15-,16+,17-,18+,19-,21+/m1/s1. The van der Waals surface area contributed by atoms with Gasteiger partial charge >= 0.3 is 0 Å². The molecular formula is C21H22O4S. The van der Waals surface area contributed by atoms with Gasteiger partial charge in [0.2, 0.25) is 0 Å².